The van der Waals surface area contributed by atoms with Crippen LogP contribution in [0.3, 0.4) is 0 Å². The molecule has 4 nitrogen and oxygen atoms in total. The molecule has 1 fully saturated rings. The van der Waals surface area contributed by atoms with Crippen LogP contribution in [0.1, 0.15) is 43.4 Å². The number of rotatable bonds is 4. The van der Waals surface area contributed by atoms with E-state index in [1.807, 2.05) is 7.05 Å². The van der Waals surface area contributed by atoms with Crippen LogP contribution >= 0.6 is 0 Å². The molecule has 0 aromatic carbocycles. The smallest absolute Gasteiger partial charge is 0.220 e. The highest BCUT2D eigenvalue weighted by Gasteiger charge is 2.31. The first-order valence-corrected chi connectivity index (χ1v) is 7.51. The van der Waals surface area contributed by atoms with Crippen molar-refractivity contribution < 1.29 is 4.74 Å². The van der Waals surface area contributed by atoms with Gasteiger partial charge in [0.1, 0.15) is 12.4 Å². The van der Waals surface area contributed by atoms with Crippen molar-refractivity contribution in [1.29, 1.82) is 0 Å². The molecular formula is C15H23N3O. The molecule has 2 aliphatic carbocycles. The monoisotopic (exact) mass is 261 g/mol. The number of hydrogen-bond donors (Lipinski definition) is 1. The molecule has 1 N–H and O–H groups in total. The van der Waals surface area contributed by atoms with Gasteiger partial charge in [-0.05, 0) is 58.0 Å². The number of nitrogens with one attached hydrogen (secondary N) is 1. The van der Waals surface area contributed by atoms with Crippen molar-refractivity contribution in [3.05, 3.63) is 17.6 Å². The van der Waals surface area contributed by atoms with Gasteiger partial charge in [0.15, 0.2) is 0 Å². The zero-order valence-electron chi connectivity index (χ0n) is 11.7. The van der Waals surface area contributed by atoms with E-state index in [0.717, 1.165) is 44.0 Å². The van der Waals surface area contributed by atoms with E-state index in [0.29, 0.717) is 6.10 Å². The van der Waals surface area contributed by atoms with E-state index in [9.17, 15) is 0 Å². The highest BCUT2D eigenvalue weighted by atomic mass is 16.5. The first-order valence-electron chi connectivity index (χ1n) is 7.51. The Morgan fingerprint density at radius 2 is 2.05 bits per heavy atom. The van der Waals surface area contributed by atoms with E-state index >= 15 is 0 Å². The van der Waals surface area contributed by atoms with Crippen LogP contribution in [0.25, 0.3) is 0 Å². The summed E-state index contributed by atoms with van der Waals surface area (Å²) in [5, 5.41) is 3.23. The summed E-state index contributed by atoms with van der Waals surface area (Å²) in [6.45, 7) is 1.10. The molecule has 1 aromatic heterocycles. The van der Waals surface area contributed by atoms with Gasteiger partial charge in [-0.15, -0.1) is 0 Å². The maximum atomic E-state index is 6.10. The molecule has 2 aliphatic rings. The molecule has 1 saturated carbocycles. The summed E-state index contributed by atoms with van der Waals surface area (Å²) < 4.78 is 6.10. The zero-order valence-corrected chi connectivity index (χ0v) is 11.7. The average Bonchev–Trinajstić information content (AvgIpc) is 2.62. The van der Waals surface area contributed by atoms with Crippen LogP contribution < -0.4 is 10.1 Å². The summed E-state index contributed by atoms with van der Waals surface area (Å²) in [4.78, 5) is 8.81. The number of hydrogen-bond acceptors (Lipinski definition) is 4. The van der Waals surface area contributed by atoms with Crippen molar-refractivity contribution in [3.8, 4) is 5.88 Å². The molecule has 0 aliphatic heterocycles. The fourth-order valence-electron chi connectivity index (χ4n) is 3.15. The van der Waals surface area contributed by atoms with Crippen molar-refractivity contribution in [2.75, 3.05) is 13.6 Å². The van der Waals surface area contributed by atoms with Gasteiger partial charge in [-0.2, -0.15) is 0 Å². The molecule has 0 unspecified atom stereocenters. The SMILES string of the molecule is CNCC1CC(Oc2ncnc3c2CCCCC3)C1. The number of fused-ring (bicyclic) bond motifs is 1. The van der Waals surface area contributed by atoms with Crippen molar-refractivity contribution in [2.45, 2.75) is 51.0 Å². The topological polar surface area (TPSA) is 47.0 Å². The van der Waals surface area contributed by atoms with Crippen LogP contribution in [0.15, 0.2) is 6.33 Å². The average molecular weight is 261 g/mol. The van der Waals surface area contributed by atoms with Gasteiger partial charge >= 0.3 is 0 Å². The third kappa shape index (κ3) is 2.89. The van der Waals surface area contributed by atoms with Gasteiger partial charge in [0, 0.05) is 5.56 Å². The Balaban J connectivity index is 1.65. The minimum atomic E-state index is 0.362. The standard InChI is InChI=1S/C15H23N3O/c1-16-9-11-7-12(8-11)19-15-13-5-3-2-4-6-14(13)17-10-18-15/h10-12,16H,2-9H2,1H3. The fourth-order valence-corrected chi connectivity index (χ4v) is 3.15. The summed E-state index contributed by atoms with van der Waals surface area (Å²) in [5.41, 5.74) is 2.49. The highest BCUT2D eigenvalue weighted by Crippen LogP contribution is 2.33. The lowest BCUT2D eigenvalue weighted by molar-refractivity contribution is 0.0605. The lowest BCUT2D eigenvalue weighted by atomic mass is 9.82. The maximum Gasteiger partial charge on any atom is 0.220 e. The molecule has 0 atom stereocenters. The van der Waals surface area contributed by atoms with E-state index in [2.05, 4.69) is 15.3 Å². The second-order valence-electron chi connectivity index (χ2n) is 5.80. The zero-order chi connectivity index (χ0) is 13.1. The Morgan fingerprint density at radius 3 is 2.89 bits per heavy atom. The predicted molar refractivity (Wildman–Crippen MR) is 74.4 cm³/mol. The van der Waals surface area contributed by atoms with Crippen molar-refractivity contribution >= 4 is 0 Å². The Kier molecular flexibility index (Phi) is 3.97. The van der Waals surface area contributed by atoms with Gasteiger partial charge in [0.05, 0.1) is 5.69 Å². The summed E-state index contributed by atoms with van der Waals surface area (Å²) >= 11 is 0. The van der Waals surface area contributed by atoms with Gasteiger partial charge in [0.2, 0.25) is 5.88 Å². The van der Waals surface area contributed by atoms with Crippen LogP contribution in [0, 0.1) is 5.92 Å². The number of aromatic nitrogens is 2. The second kappa shape index (κ2) is 5.87. The Hall–Kier alpha value is -1.16. The van der Waals surface area contributed by atoms with Crippen LogP contribution in [-0.4, -0.2) is 29.7 Å². The van der Waals surface area contributed by atoms with Crippen molar-refractivity contribution in [2.24, 2.45) is 5.92 Å². The predicted octanol–water partition coefficient (Wildman–Crippen LogP) is 2.12. The molecule has 104 valence electrons. The normalized spacial score (nSPS) is 26.2. The van der Waals surface area contributed by atoms with E-state index in [-0.39, 0.29) is 0 Å². The molecule has 3 rings (SSSR count). The number of ether oxygens (including phenoxy) is 1. The summed E-state index contributed by atoms with van der Waals surface area (Å²) in [7, 11) is 2.01. The fraction of sp³-hybridized carbons (Fsp3) is 0.733. The molecule has 0 radical (unpaired) electrons. The van der Waals surface area contributed by atoms with E-state index in [1.54, 1.807) is 6.33 Å². The highest BCUT2D eigenvalue weighted by molar-refractivity contribution is 5.31. The molecule has 19 heavy (non-hydrogen) atoms. The van der Waals surface area contributed by atoms with Gasteiger partial charge in [-0.3, -0.25) is 0 Å². The van der Waals surface area contributed by atoms with E-state index in [4.69, 9.17) is 4.74 Å². The molecule has 1 heterocycles. The Morgan fingerprint density at radius 1 is 1.21 bits per heavy atom. The molecule has 0 bridgehead atoms. The van der Waals surface area contributed by atoms with Crippen LogP contribution in [0.2, 0.25) is 0 Å². The minimum absolute atomic E-state index is 0.362. The third-order valence-electron chi connectivity index (χ3n) is 4.30. The first kappa shape index (κ1) is 12.9. The van der Waals surface area contributed by atoms with Crippen molar-refractivity contribution in [3.63, 3.8) is 0 Å². The van der Waals surface area contributed by atoms with Gasteiger partial charge < -0.3 is 10.1 Å². The second-order valence-corrected chi connectivity index (χ2v) is 5.80. The summed E-state index contributed by atoms with van der Waals surface area (Å²) in [6, 6.07) is 0. The van der Waals surface area contributed by atoms with Crippen LogP contribution in [0.4, 0.5) is 0 Å². The number of nitrogens with zero attached hydrogens (tertiary/aromatic N) is 2. The number of aryl methyl sites for hydroxylation is 1. The lowest BCUT2D eigenvalue weighted by Crippen LogP contribution is -2.39. The van der Waals surface area contributed by atoms with Gasteiger partial charge in [0.25, 0.3) is 0 Å². The third-order valence-corrected chi connectivity index (χ3v) is 4.30. The Labute approximate surface area is 115 Å². The molecule has 1 aromatic rings. The van der Waals surface area contributed by atoms with Gasteiger partial charge in [-0.1, -0.05) is 6.42 Å². The Bertz CT molecular complexity index is 429. The minimum Gasteiger partial charge on any atom is -0.474 e. The quantitative estimate of drug-likeness (QED) is 0.843. The molecular weight excluding hydrogens is 238 g/mol. The molecule has 0 spiro atoms. The lowest BCUT2D eigenvalue weighted by Gasteiger charge is -2.35. The van der Waals surface area contributed by atoms with Crippen molar-refractivity contribution in [1.82, 2.24) is 15.3 Å². The first-order chi connectivity index (χ1) is 9.36. The van der Waals surface area contributed by atoms with Crippen LogP contribution in [-0.2, 0) is 12.8 Å². The van der Waals surface area contributed by atoms with E-state index in [1.165, 1.54) is 30.5 Å². The molecule has 4 heteroatoms. The largest absolute Gasteiger partial charge is 0.474 e. The maximum absolute atomic E-state index is 6.10. The summed E-state index contributed by atoms with van der Waals surface area (Å²) in [6.07, 6.45) is 10.3. The molecule has 0 amide bonds. The van der Waals surface area contributed by atoms with Crippen LogP contribution in [0.5, 0.6) is 5.88 Å². The molecule has 0 saturated heterocycles. The van der Waals surface area contributed by atoms with E-state index < -0.39 is 0 Å². The van der Waals surface area contributed by atoms with Gasteiger partial charge in [-0.25, -0.2) is 9.97 Å². The summed E-state index contributed by atoms with van der Waals surface area (Å²) in [5.74, 6) is 1.63.